The van der Waals surface area contributed by atoms with E-state index in [9.17, 15) is 4.79 Å². The Morgan fingerprint density at radius 3 is 2.60 bits per heavy atom. The average Bonchev–Trinajstić information content (AvgIpc) is 2.26. The molecule has 0 spiro atoms. The van der Waals surface area contributed by atoms with E-state index in [0.717, 1.165) is 12.0 Å². The smallest absolute Gasteiger partial charge is 0.307 e. The number of carboxylic acids is 1. The summed E-state index contributed by atoms with van der Waals surface area (Å²) >= 11 is 4.30. The van der Waals surface area contributed by atoms with Crippen molar-refractivity contribution in [3.05, 3.63) is 30.1 Å². The molecule has 0 radical (unpaired) electrons. The van der Waals surface area contributed by atoms with E-state index in [1.54, 1.807) is 12.4 Å². The summed E-state index contributed by atoms with van der Waals surface area (Å²) in [6, 6.07) is 3.68. The number of hydrogen-bond donors (Lipinski definition) is 2. The van der Waals surface area contributed by atoms with Crippen molar-refractivity contribution in [1.82, 2.24) is 4.98 Å². The van der Waals surface area contributed by atoms with Gasteiger partial charge in [-0.15, -0.1) is 0 Å². The van der Waals surface area contributed by atoms with Crippen molar-refractivity contribution >= 4 is 18.6 Å². The number of pyridine rings is 1. The van der Waals surface area contributed by atoms with Crippen molar-refractivity contribution in [2.24, 2.45) is 5.92 Å². The van der Waals surface area contributed by atoms with Gasteiger partial charge in [0.05, 0.1) is 5.92 Å². The number of aromatic nitrogens is 1. The Hall–Kier alpha value is -1.03. The molecule has 15 heavy (non-hydrogen) atoms. The number of rotatable bonds is 5. The highest BCUT2D eigenvalue weighted by molar-refractivity contribution is 7.81. The summed E-state index contributed by atoms with van der Waals surface area (Å²) in [6.45, 7) is 1.94. The van der Waals surface area contributed by atoms with Gasteiger partial charge in [0, 0.05) is 17.6 Å². The SMILES string of the molecule is CCC(S)C(Cc1ccncc1)C(=O)O. The lowest BCUT2D eigenvalue weighted by Gasteiger charge is -2.17. The first-order valence-electron chi connectivity index (χ1n) is 4.95. The first-order chi connectivity index (χ1) is 7.15. The average molecular weight is 225 g/mol. The molecule has 0 aliphatic rings. The molecule has 0 bridgehead atoms. The van der Waals surface area contributed by atoms with Crippen LogP contribution in [-0.2, 0) is 11.2 Å². The third-order valence-corrected chi connectivity index (χ3v) is 3.13. The zero-order valence-electron chi connectivity index (χ0n) is 8.63. The quantitative estimate of drug-likeness (QED) is 0.754. The van der Waals surface area contributed by atoms with Crippen molar-refractivity contribution < 1.29 is 9.90 Å². The van der Waals surface area contributed by atoms with Gasteiger partial charge in [-0.3, -0.25) is 9.78 Å². The van der Waals surface area contributed by atoms with Crippen LogP contribution in [0.3, 0.4) is 0 Å². The van der Waals surface area contributed by atoms with E-state index in [-0.39, 0.29) is 5.25 Å². The fraction of sp³-hybridized carbons (Fsp3) is 0.455. The molecular weight excluding hydrogens is 210 g/mol. The molecule has 0 aromatic carbocycles. The summed E-state index contributed by atoms with van der Waals surface area (Å²) < 4.78 is 0. The van der Waals surface area contributed by atoms with Gasteiger partial charge in [0.2, 0.25) is 0 Å². The maximum atomic E-state index is 11.0. The summed E-state index contributed by atoms with van der Waals surface area (Å²) in [5.41, 5.74) is 0.991. The van der Waals surface area contributed by atoms with Gasteiger partial charge in [-0.25, -0.2) is 0 Å². The van der Waals surface area contributed by atoms with Crippen LogP contribution in [0.4, 0.5) is 0 Å². The van der Waals surface area contributed by atoms with E-state index in [1.807, 2.05) is 19.1 Å². The topological polar surface area (TPSA) is 50.2 Å². The molecule has 1 aromatic rings. The fourth-order valence-corrected chi connectivity index (χ4v) is 1.68. The van der Waals surface area contributed by atoms with Crippen LogP contribution >= 0.6 is 12.6 Å². The molecule has 2 unspecified atom stereocenters. The first-order valence-corrected chi connectivity index (χ1v) is 5.46. The van der Waals surface area contributed by atoms with Crippen molar-refractivity contribution in [3.8, 4) is 0 Å². The molecule has 2 atom stereocenters. The van der Waals surface area contributed by atoms with Gasteiger partial charge in [0.25, 0.3) is 0 Å². The summed E-state index contributed by atoms with van der Waals surface area (Å²) in [4.78, 5) is 14.9. The van der Waals surface area contributed by atoms with Crippen LogP contribution in [0.1, 0.15) is 18.9 Å². The Labute approximate surface area is 95.0 Å². The summed E-state index contributed by atoms with van der Waals surface area (Å²) in [5.74, 6) is -1.21. The van der Waals surface area contributed by atoms with Crippen LogP contribution in [0.15, 0.2) is 24.5 Å². The Bertz CT molecular complexity index is 316. The predicted octanol–water partition coefficient (Wildman–Crippen LogP) is 2.03. The Kier molecular flexibility index (Phi) is 4.62. The van der Waals surface area contributed by atoms with E-state index >= 15 is 0 Å². The highest BCUT2D eigenvalue weighted by Gasteiger charge is 2.24. The van der Waals surface area contributed by atoms with Crippen molar-refractivity contribution in [1.29, 1.82) is 0 Å². The third-order valence-electron chi connectivity index (χ3n) is 2.40. The van der Waals surface area contributed by atoms with E-state index in [0.29, 0.717) is 6.42 Å². The van der Waals surface area contributed by atoms with Crippen LogP contribution in [0.25, 0.3) is 0 Å². The van der Waals surface area contributed by atoms with Gasteiger partial charge < -0.3 is 5.11 Å². The number of hydrogen-bond acceptors (Lipinski definition) is 3. The largest absolute Gasteiger partial charge is 0.481 e. The van der Waals surface area contributed by atoms with Crippen LogP contribution in [0.2, 0.25) is 0 Å². The molecule has 0 saturated heterocycles. The fourth-order valence-electron chi connectivity index (χ4n) is 1.45. The number of carbonyl (C=O) groups is 1. The van der Waals surface area contributed by atoms with Crippen molar-refractivity contribution in [3.63, 3.8) is 0 Å². The zero-order chi connectivity index (χ0) is 11.3. The maximum absolute atomic E-state index is 11.0. The monoisotopic (exact) mass is 225 g/mol. The highest BCUT2D eigenvalue weighted by Crippen LogP contribution is 2.19. The van der Waals surface area contributed by atoms with Gasteiger partial charge in [-0.2, -0.15) is 12.6 Å². The molecule has 0 aliphatic carbocycles. The minimum absolute atomic E-state index is 0.101. The minimum Gasteiger partial charge on any atom is -0.481 e. The van der Waals surface area contributed by atoms with E-state index in [1.165, 1.54) is 0 Å². The zero-order valence-corrected chi connectivity index (χ0v) is 9.52. The highest BCUT2D eigenvalue weighted by atomic mass is 32.1. The van der Waals surface area contributed by atoms with Gasteiger partial charge in [-0.05, 0) is 30.5 Å². The van der Waals surface area contributed by atoms with E-state index in [2.05, 4.69) is 17.6 Å². The van der Waals surface area contributed by atoms with Crippen LogP contribution in [0.5, 0.6) is 0 Å². The molecule has 0 aliphatic heterocycles. The number of thiol groups is 1. The standard InChI is InChI=1S/C11H15NO2S/c1-2-10(15)9(11(13)14)7-8-3-5-12-6-4-8/h3-6,9-10,15H,2,7H2,1H3,(H,13,14). The second-order valence-electron chi connectivity index (χ2n) is 3.48. The molecule has 1 aromatic heterocycles. The third kappa shape index (κ3) is 3.55. The van der Waals surface area contributed by atoms with Crippen LogP contribution in [0, 0.1) is 5.92 Å². The summed E-state index contributed by atoms with van der Waals surface area (Å²) in [7, 11) is 0. The van der Waals surface area contributed by atoms with Crippen LogP contribution < -0.4 is 0 Å². The number of carboxylic acid groups (broad SMARTS) is 1. The molecule has 0 amide bonds. The van der Waals surface area contributed by atoms with Gasteiger partial charge >= 0.3 is 5.97 Å². The van der Waals surface area contributed by atoms with E-state index in [4.69, 9.17) is 5.11 Å². The Morgan fingerprint density at radius 2 is 2.13 bits per heavy atom. The van der Waals surface area contributed by atoms with Gasteiger partial charge in [0.1, 0.15) is 0 Å². The Balaban J connectivity index is 2.71. The lowest BCUT2D eigenvalue weighted by atomic mass is 9.95. The number of aliphatic carboxylic acids is 1. The van der Waals surface area contributed by atoms with E-state index < -0.39 is 11.9 Å². The van der Waals surface area contributed by atoms with Gasteiger partial charge in [0.15, 0.2) is 0 Å². The van der Waals surface area contributed by atoms with Crippen molar-refractivity contribution in [2.45, 2.75) is 25.0 Å². The minimum atomic E-state index is -0.784. The Morgan fingerprint density at radius 1 is 1.53 bits per heavy atom. The maximum Gasteiger partial charge on any atom is 0.307 e. The lowest BCUT2D eigenvalue weighted by Crippen LogP contribution is -2.26. The molecule has 0 saturated carbocycles. The molecule has 3 nitrogen and oxygen atoms in total. The molecular formula is C11H15NO2S. The number of nitrogens with zero attached hydrogens (tertiary/aromatic N) is 1. The molecule has 1 heterocycles. The second kappa shape index (κ2) is 5.75. The first kappa shape index (κ1) is 12.0. The second-order valence-corrected chi connectivity index (χ2v) is 4.14. The normalized spacial score (nSPS) is 14.5. The molecule has 1 rings (SSSR count). The predicted molar refractivity (Wildman–Crippen MR) is 62.1 cm³/mol. The molecule has 0 fully saturated rings. The van der Waals surface area contributed by atoms with Crippen LogP contribution in [-0.4, -0.2) is 21.3 Å². The van der Waals surface area contributed by atoms with Gasteiger partial charge in [-0.1, -0.05) is 6.92 Å². The molecule has 4 heteroatoms. The molecule has 82 valence electrons. The van der Waals surface area contributed by atoms with Crippen molar-refractivity contribution in [2.75, 3.05) is 0 Å². The summed E-state index contributed by atoms with van der Waals surface area (Å²) in [5, 5.41) is 8.97. The lowest BCUT2D eigenvalue weighted by molar-refractivity contribution is -0.141. The molecule has 1 N–H and O–H groups in total. The summed E-state index contributed by atoms with van der Waals surface area (Å²) in [6.07, 6.45) is 4.62.